The van der Waals surface area contributed by atoms with Gasteiger partial charge in [0.1, 0.15) is 0 Å². The lowest BCUT2D eigenvalue weighted by Gasteiger charge is -2.09. The van der Waals surface area contributed by atoms with Crippen LogP contribution < -0.4 is 5.32 Å². The van der Waals surface area contributed by atoms with Crippen LogP contribution in [0.2, 0.25) is 0 Å². The van der Waals surface area contributed by atoms with Gasteiger partial charge in [0.15, 0.2) is 0 Å². The molecule has 0 aliphatic rings. The molecule has 0 fully saturated rings. The molecule has 0 spiro atoms. The van der Waals surface area contributed by atoms with Gasteiger partial charge in [-0.25, -0.2) is 0 Å². The highest BCUT2D eigenvalue weighted by Crippen LogP contribution is 2.25. The number of carbonyl (C=O) groups excluding carboxylic acids is 1. The molecule has 2 aromatic heterocycles. The molecule has 0 aliphatic heterocycles. The number of nitrogens with zero attached hydrogens (tertiary/aromatic N) is 3. The Morgan fingerprint density at radius 3 is 2.67 bits per heavy atom. The van der Waals surface area contributed by atoms with E-state index in [1.54, 1.807) is 31.5 Å². The predicted molar refractivity (Wildman–Crippen MR) is 91.1 cm³/mol. The average molecular weight is 340 g/mol. The van der Waals surface area contributed by atoms with Crippen molar-refractivity contribution >= 4 is 17.7 Å². The second kappa shape index (κ2) is 7.74. The smallest absolute Gasteiger partial charge is 0.277 e. The van der Waals surface area contributed by atoms with Crippen LogP contribution >= 0.6 is 11.8 Å². The molecule has 7 heteroatoms. The standard InChI is InChI=1S/C17H16N4O2S/c1-12(15(22)19-11-13-5-3-2-4-6-13)24-17-21-20-16(23-17)14-7-9-18-10-8-14/h2-10,12H,11H2,1H3,(H,19,22)/t12-/m0/s1. The maximum absolute atomic E-state index is 12.2. The summed E-state index contributed by atoms with van der Waals surface area (Å²) in [5.74, 6) is 0.337. The minimum atomic E-state index is -0.334. The van der Waals surface area contributed by atoms with E-state index < -0.39 is 0 Å². The summed E-state index contributed by atoms with van der Waals surface area (Å²) in [5, 5.41) is 10.9. The Balaban J connectivity index is 1.55. The molecule has 24 heavy (non-hydrogen) atoms. The van der Waals surface area contributed by atoms with Crippen molar-refractivity contribution < 1.29 is 9.21 Å². The van der Waals surface area contributed by atoms with Crippen LogP contribution in [0.4, 0.5) is 0 Å². The van der Waals surface area contributed by atoms with Crippen molar-refractivity contribution in [2.75, 3.05) is 0 Å². The zero-order chi connectivity index (χ0) is 16.8. The van der Waals surface area contributed by atoms with Gasteiger partial charge in [0.05, 0.1) is 5.25 Å². The van der Waals surface area contributed by atoms with E-state index in [1.165, 1.54) is 11.8 Å². The Morgan fingerprint density at radius 1 is 1.17 bits per heavy atom. The number of hydrogen-bond donors (Lipinski definition) is 1. The minimum Gasteiger partial charge on any atom is -0.411 e. The first-order valence-corrected chi connectivity index (χ1v) is 8.32. The van der Waals surface area contributed by atoms with Gasteiger partial charge in [-0.1, -0.05) is 42.1 Å². The molecule has 1 N–H and O–H groups in total. The molecule has 122 valence electrons. The number of nitrogens with one attached hydrogen (secondary N) is 1. The normalized spacial score (nSPS) is 11.9. The molecule has 0 saturated heterocycles. The molecule has 1 aromatic carbocycles. The third kappa shape index (κ3) is 4.20. The highest BCUT2D eigenvalue weighted by Gasteiger charge is 2.18. The highest BCUT2D eigenvalue weighted by molar-refractivity contribution is 8.00. The number of amides is 1. The summed E-state index contributed by atoms with van der Waals surface area (Å²) in [4.78, 5) is 16.1. The lowest BCUT2D eigenvalue weighted by molar-refractivity contribution is -0.120. The van der Waals surface area contributed by atoms with Crippen molar-refractivity contribution in [2.45, 2.75) is 23.9 Å². The first-order chi connectivity index (χ1) is 11.7. The number of benzene rings is 1. The summed E-state index contributed by atoms with van der Waals surface area (Å²) in [6.07, 6.45) is 3.32. The largest absolute Gasteiger partial charge is 0.411 e. The third-order valence-electron chi connectivity index (χ3n) is 3.29. The maximum Gasteiger partial charge on any atom is 0.277 e. The first kappa shape index (κ1) is 16.2. The second-order valence-corrected chi connectivity index (χ2v) is 6.36. The molecule has 0 bridgehead atoms. The number of thioether (sulfide) groups is 1. The Kier molecular flexibility index (Phi) is 5.22. The van der Waals surface area contributed by atoms with Crippen molar-refractivity contribution in [3.05, 3.63) is 60.4 Å². The van der Waals surface area contributed by atoms with Gasteiger partial charge in [-0.2, -0.15) is 0 Å². The van der Waals surface area contributed by atoms with Gasteiger partial charge in [-0.05, 0) is 24.6 Å². The number of carbonyl (C=O) groups is 1. The summed E-state index contributed by atoms with van der Waals surface area (Å²) in [5.41, 5.74) is 1.85. The minimum absolute atomic E-state index is 0.0764. The van der Waals surface area contributed by atoms with E-state index in [1.807, 2.05) is 30.3 Å². The van der Waals surface area contributed by atoms with Gasteiger partial charge in [0.25, 0.3) is 5.22 Å². The first-order valence-electron chi connectivity index (χ1n) is 7.44. The molecule has 3 aromatic rings. The van der Waals surface area contributed by atoms with Crippen LogP contribution in [0.25, 0.3) is 11.5 Å². The van der Waals surface area contributed by atoms with Gasteiger partial charge < -0.3 is 9.73 Å². The van der Waals surface area contributed by atoms with Gasteiger partial charge in [-0.15, -0.1) is 10.2 Å². The van der Waals surface area contributed by atoms with Crippen molar-refractivity contribution in [1.29, 1.82) is 0 Å². The number of pyridine rings is 1. The van der Waals surface area contributed by atoms with Crippen LogP contribution in [-0.4, -0.2) is 26.3 Å². The van der Waals surface area contributed by atoms with E-state index in [-0.39, 0.29) is 11.2 Å². The Labute approximate surface area is 143 Å². The van der Waals surface area contributed by atoms with E-state index >= 15 is 0 Å². The number of hydrogen-bond acceptors (Lipinski definition) is 6. The summed E-state index contributed by atoms with van der Waals surface area (Å²) < 4.78 is 5.59. The zero-order valence-corrected chi connectivity index (χ0v) is 13.9. The maximum atomic E-state index is 12.2. The summed E-state index contributed by atoms with van der Waals surface area (Å²) >= 11 is 1.23. The zero-order valence-electron chi connectivity index (χ0n) is 13.0. The van der Waals surface area contributed by atoms with Crippen LogP contribution in [0.15, 0.2) is 64.5 Å². The fourth-order valence-electron chi connectivity index (χ4n) is 2.00. The molecule has 0 saturated carbocycles. The van der Waals surface area contributed by atoms with E-state index in [9.17, 15) is 4.79 Å². The monoisotopic (exact) mass is 340 g/mol. The van der Waals surface area contributed by atoms with Crippen molar-refractivity contribution in [2.24, 2.45) is 0 Å². The average Bonchev–Trinajstić information content (AvgIpc) is 3.10. The lowest BCUT2D eigenvalue weighted by Crippen LogP contribution is -2.30. The van der Waals surface area contributed by atoms with Crippen molar-refractivity contribution in [1.82, 2.24) is 20.5 Å². The molecule has 0 aliphatic carbocycles. The van der Waals surface area contributed by atoms with Crippen LogP contribution in [0.5, 0.6) is 0 Å². The summed E-state index contributed by atoms with van der Waals surface area (Å²) in [7, 11) is 0. The fourth-order valence-corrected chi connectivity index (χ4v) is 2.71. The van der Waals surface area contributed by atoms with Crippen LogP contribution in [0, 0.1) is 0 Å². The Morgan fingerprint density at radius 2 is 1.92 bits per heavy atom. The Bertz CT molecular complexity index is 793. The van der Waals surface area contributed by atoms with E-state index in [2.05, 4.69) is 20.5 Å². The number of aromatic nitrogens is 3. The van der Waals surface area contributed by atoms with Gasteiger partial charge in [-0.3, -0.25) is 9.78 Å². The van der Waals surface area contributed by atoms with Crippen LogP contribution in [0.1, 0.15) is 12.5 Å². The topological polar surface area (TPSA) is 80.9 Å². The molecule has 3 rings (SSSR count). The third-order valence-corrected chi connectivity index (χ3v) is 4.22. The molecule has 2 heterocycles. The molecular weight excluding hydrogens is 324 g/mol. The highest BCUT2D eigenvalue weighted by atomic mass is 32.2. The molecule has 6 nitrogen and oxygen atoms in total. The number of rotatable bonds is 6. The van der Waals surface area contributed by atoms with Gasteiger partial charge >= 0.3 is 0 Å². The summed E-state index contributed by atoms with van der Waals surface area (Å²) in [6, 6.07) is 13.3. The van der Waals surface area contributed by atoms with Gasteiger partial charge in [0, 0.05) is 24.5 Å². The van der Waals surface area contributed by atoms with Crippen molar-refractivity contribution in [3.63, 3.8) is 0 Å². The SMILES string of the molecule is C[C@H](Sc1nnc(-c2ccncc2)o1)C(=O)NCc1ccccc1. The van der Waals surface area contributed by atoms with E-state index in [4.69, 9.17) is 4.42 Å². The van der Waals surface area contributed by atoms with Crippen molar-refractivity contribution in [3.8, 4) is 11.5 Å². The predicted octanol–water partition coefficient (Wildman–Crippen LogP) is 2.93. The van der Waals surface area contributed by atoms with E-state index in [0.29, 0.717) is 17.7 Å². The van der Waals surface area contributed by atoms with Gasteiger partial charge in [0.2, 0.25) is 11.8 Å². The lowest BCUT2D eigenvalue weighted by atomic mass is 10.2. The molecule has 0 unspecified atom stereocenters. The summed E-state index contributed by atoms with van der Waals surface area (Å²) in [6.45, 7) is 2.30. The van der Waals surface area contributed by atoms with Crippen LogP contribution in [-0.2, 0) is 11.3 Å². The quantitative estimate of drug-likeness (QED) is 0.695. The second-order valence-electron chi connectivity index (χ2n) is 5.07. The molecular formula is C17H16N4O2S. The van der Waals surface area contributed by atoms with Crippen LogP contribution in [0.3, 0.4) is 0 Å². The molecule has 1 amide bonds. The Hall–Kier alpha value is -2.67. The molecule has 1 atom stereocenters. The van der Waals surface area contributed by atoms with E-state index in [0.717, 1.165) is 11.1 Å². The molecule has 0 radical (unpaired) electrons. The fraction of sp³-hybridized carbons (Fsp3) is 0.176.